The zero-order valence-corrected chi connectivity index (χ0v) is 11.0. The van der Waals surface area contributed by atoms with Crippen LogP contribution in [0.2, 0.25) is 0 Å². The Morgan fingerprint density at radius 1 is 1.58 bits per heavy atom. The van der Waals surface area contributed by atoms with E-state index in [-0.39, 0.29) is 11.3 Å². The summed E-state index contributed by atoms with van der Waals surface area (Å²) < 4.78 is 13.6. The zero-order valence-electron chi connectivity index (χ0n) is 11.0. The third kappa shape index (κ3) is 3.67. The lowest BCUT2D eigenvalue weighted by Gasteiger charge is -2.30. The standard InChI is InChI=1S/C14H19FN2O2/c1-17-6-2-3-10(9-17)8-16-13-7-11(14(18)19)4-5-12(13)15/h4-5,7,10,16H,2-3,6,8-9H2,1H3,(H,18,19). The summed E-state index contributed by atoms with van der Waals surface area (Å²) in [5, 5.41) is 11.9. The van der Waals surface area contributed by atoms with Gasteiger partial charge in [-0.05, 0) is 50.6 Å². The average Bonchev–Trinajstić information content (AvgIpc) is 2.37. The van der Waals surface area contributed by atoms with E-state index in [0.717, 1.165) is 25.9 Å². The smallest absolute Gasteiger partial charge is 0.335 e. The quantitative estimate of drug-likeness (QED) is 0.878. The van der Waals surface area contributed by atoms with Gasteiger partial charge in [0.2, 0.25) is 0 Å². The van der Waals surface area contributed by atoms with Crippen LogP contribution in [0.15, 0.2) is 18.2 Å². The second kappa shape index (κ2) is 6.02. The molecule has 1 atom stereocenters. The number of carboxylic acid groups (broad SMARTS) is 1. The number of nitrogens with one attached hydrogen (secondary N) is 1. The molecule has 104 valence electrons. The van der Waals surface area contributed by atoms with E-state index in [1.165, 1.54) is 18.2 Å². The van der Waals surface area contributed by atoms with Crippen molar-refractivity contribution in [3.8, 4) is 0 Å². The van der Waals surface area contributed by atoms with Gasteiger partial charge in [0, 0.05) is 13.1 Å². The van der Waals surface area contributed by atoms with Crippen LogP contribution in [0.3, 0.4) is 0 Å². The number of benzene rings is 1. The van der Waals surface area contributed by atoms with Gasteiger partial charge in [-0.15, -0.1) is 0 Å². The molecule has 0 aliphatic carbocycles. The van der Waals surface area contributed by atoms with Gasteiger partial charge in [0.25, 0.3) is 0 Å². The van der Waals surface area contributed by atoms with E-state index in [1.807, 2.05) is 0 Å². The summed E-state index contributed by atoms with van der Waals surface area (Å²) in [7, 11) is 2.08. The molecular weight excluding hydrogens is 247 g/mol. The Bertz CT molecular complexity index is 465. The van der Waals surface area contributed by atoms with E-state index in [4.69, 9.17) is 5.11 Å². The van der Waals surface area contributed by atoms with Crippen molar-refractivity contribution in [2.45, 2.75) is 12.8 Å². The average molecular weight is 266 g/mol. The van der Waals surface area contributed by atoms with Gasteiger partial charge in [0.05, 0.1) is 11.3 Å². The van der Waals surface area contributed by atoms with E-state index >= 15 is 0 Å². The lowest BCUT2D eigenvalue weighted by molar-refractivity contribution is 0.0697. The van der Waals surface area contributed by atoms with Gasteiger partial charge in [-0.3, -0.25) is 0 Å². The van der Waals surface area contributed by atoms with Crippen LogP contribution >= 0.6 is 0 Å². The minimum Gasteiger partial charge on any atom is -0.478 e. The summed E-state index contributed by atoms with van der Waals surface area (Å²) in [4.78, 5) is 13.1. The third-order valence-electron chi connectivity index (χ3n) is 3.52. The molecule has 1 aromatic rings. The molecule has 0 amide bonds. The number of hydrogen-bond donors (Lipinski definition) is 2. The molecule has 0 radical (unpaired) electrons. The van der Waals surface area contributed by atoms with Crippen LogP contribution in [-0.2, 0) is 0 Å². The van der Waals surface area contributed by atoms with Crippen LogP contribution in [0.4, 0.5) is 10.1 Å². The topological polar surface area (TPSA) is 52.6 Å². The molecule has 0 spiro atoms. The number of piperidine rings is 1. The molecule has 1 unspecified atom stereocenters. The highest BCUT2D eigenvalue weighted by molar-refractivity contribution is 5.88. The van der Waals surface area contributed by atoms with Crippen molar-refractivity contribution in [2.75, 3.05) is 32.0 Å². The molecule has 1 heterocycles. The normalized spacial score (nSPS) is 20.2. The minimum atomic E-state index is -1.04. The van der Waals surface area contributed by atoms with E-state index in [9.17, 15) is 9.18 Å². The summed E-state index contributed by atoms with van der Waals surface area (Å²) in [5.41, 5.74) is 0.373. The van der Waals surface area contributed by atoms with Crippen molar-refractivity contribution < 1.29 is 14.3 Å². The van der Waals surface area contributed by atoms with E-state index in [1.54, 1.807) is 0 Å². The van der Waals surface area contributed by atoms with E-state index in [2.05, 4.69) is 17.3 Å². The van der Waals surface area contributed by atoms with Gasteiger partial charge < -0.3 is 15.3 Å². The number of rotatable bonds is 4. The third-order valence-corrected chi connectivity index (χ3v) is 3.52. The number of likely N-dealkylation sites (tertiary alicyclic amines) is 1. The number of aromatic carboxylic acids is 1. The first-order valence-electron chi connectivity index (χ1n) is 6.51. The number of nitrogens with zero attached hydrogens (tertiary/aromatic N) is 1. The Balaban J connectivity index is 1.98. The van der Waals surface area contributed by atoms with Gasteiger partial charge in [0.15, 0.2) is 0 Å². The molecule has 0 saturated carbocycles. The van der Waals surface area contributed by atoms with Crippen LogP contribution in [0.1, 0.15) is 23.2 Å². The Labute approximate surface area is 112 Å². The Morgan fingerprint density at radius 3 is 3.05 bits per heavy atom. The SMILES string of the molecule is CN1CCCC(CNc2cc(C(=O)O)ccc2F)C1. The molecule has 0 aromatic heterocycles. The highest BCUT2D eigenvalue weighted by atomic mass is 19.1. The fourth-order valence-electron chi connectivity index (χ4n) is 2.49. The summed E-state index contributed by atoms with van der Waals surface area (Å²) in [6, 6.07) is 3.82. The van der Waals surface area contributed by atoms with Crippen molar-refractivity contribution in [3.63, 3.8) is 0 Å². The molecule has 1 fully saturated rings. The first-order chi connectivity index (χ1) is 9.06. The zero-order chi connectivity index (χ0) is 13.8. The summed E-state index contributed by atoms with van der Waals surface area (Å²) in [6.07, 6.45) is 2.28. The molecule has 4 nitrogen and oxygen atoms in total. The molecule has 1 saturated heterocycles. The molecule has 1 aliphatic rings. The first kappa shape index (κ1) is 13.8. The maximum absolute atomic E-state index is 13.6. The number of hydrogen-bond acceptors (Lipinski definition) is 3. The van der Waals surface area contributed by atoms with E-state index < -0.39 is 11.8 Å². The molecule has 1 aliphatic heterocycles. The van der Waals surface area contributed by atoms with Crippen molar-refractivity contribution >= 4 is 11.7 Å². The molecular formula is C14H19FN2O2. The molecule has 2 N–H and O–H groups in total. The van der Waals surface area contributed by atoms with Gasteiger partial charge >= 0.3 is 5.97 Å². The summed E-state index contributed by atoms with van der Waals surface area (Å²) in [6.45, 7) is 2.77. The minimum absolute atomic E-state index is 0.102. The summed E-state index contributed by atoms with van der Waals surface area (Å²) in [5.74, 6) is -0.971. The Hall–Kier alpha value is -1.62. The highest BCUT2D eigenvalue weighted by Gasteiger charge is 2.17. The van der Waals surface area contributed by atoms with Crippen molar-refractivity contribution in [1.29, 1.82) is 0 Å². The van der Waals surface area contributed by atoms with Crippen LogP contribution in [-0.4, -0.2) is 42.7 Å². The highest BCUT2D eigenvalue weighted by Crippen LogP contribution is 2.19. The predicted molar refractivity (Wildman–Crippen MR) is 72.1 cm³/mol. The van der Waals surface area contributed by atoms with Crippen molar-refractivity contribution in [2.24, 2.45) is 5.92 Å². The monoisotopic (exact) mass is 266 g/mol. The van der Waals surface area contributed by atoms with Gasteiger partial charge in [-0.25, -0.2) is 9.18 Å². The number of carboxylic acids is 1. The van der Waals surface area contributed by atoms with Crippen LogP contribution in [0.5, 0.6) is 0 Å². The van der Waals surface area contributed by atoms with Gasteiger partial charge in [0.1, 0.15) is 5.82 Å². The van der Waals surface area contributed by atoms with Gasteiger partial charge in [-0.2, -0.15) is 0 Å². The molecule has 19 heavy (non-hydrogen) atoms. The lowest BCUT2D eigenvalue weighted by atomic mass is 9.98. The second-order valence-electron chi connectivity index (χ2n) is 5.15. The van der Waals surface area contributed by atoms with Crippen molar-refractivity contribution in [1.82, 2.24) is 4.90 Å². The largest absolute Gasteiger partial charge is 0.478 e. The molecule has 2 rings (SSSR count). The molecule has 1 aromatic carbocycles. The maximum atomic E-state index is 13.6. The van der Waals surface area contributed by atoms with Gasteiger partial charge in [-0.1, -0.05) is 0 Å². The fourth-order valence-corrected chi connectivity index (χ4v) is 2.49. The predicted octanol–water partition coefficient (Wildman–Crippen LogP) is 2.28. The first-order valence-corrected chi connectivity index (χ1v) is 6.51. The Morgan fingerprint density at radius 2 is 2.37 bits per heavy atom. The van der Waals surface area contributed by atoms with Crippen LogP contribution in [0.25, 0.3) is 0 Å². The Kier molecular flexibility index (Phi) is 4.37. The lowest BCUT2D eigenvalue weighted by Crippen LogP contribution is -2.35. The van der Waals surface area contributed by atoms with Crippen LogP contribution < -0.4 is 5.32 Å². The number of halogens is 1. The second-order valence-corrected chi connectivity index (χ2v) is 5.15. The van der Waals surface area contributed by atoms with E-state index in [0.29, 0.717) is 12.5 Å². The maximum Gasteiger partial charge on any atom is 0.335 e. The number of carbonyl (C=O) groups is 1. The molecule has 0 bridgehead atoms. The van der Waals surface area contributed by atoms with Crippen molar-refractivity contribution in [3.05, 3.63) is 29.6 Å². The number of anilines is 1. The molecule has 5 heteroatoms. The van der Waals surface area contributed by atoms with Crippen LogP contribution in [0, 0.1) is 11.7 Å². The summed E-state index contributed by atoms with van der Waals surface area (Å²) >= 11 is 0. The fraction of sp³-hybridized carbons (Fsp3) is 0.500.